The number of ether oxygens (including phenoxy) is 1. The molecule has 0 saturated carbocycles. The Hall–Kier alpha value is -2.94. The Labute approximate surface area is 176 Å². The third-order valence-electron chi connectivity index (χ3n) is 4.15. The average molecular weight is 435 g/mol. The number of hydrogen-bond donors (Lipinski definition) is 1. The van der Waals surface area contributed by atoms with Crippen LogP contribution in [0.25, 0.3) is 11.3 Å². The van der Waals surface area contributed by atoms with Crippen LogP contribution in [0.1, 0.15) is 21.0 Å². The van der Waals surface area contributed by atoms with E-state index < -0.39 is 12.8 Å². The first-order valence-electron chi connectivity index (χ1n) is 9.15. The Morgan fingerprint density at radius 3 is 2.60 bits per heavy atom. The molecule has 5 nitrogen and oxygen atoms in total. The number of hydrogen-bond acceptors (Lipinski definition) is 5. The van der Waals surface area contributed by atoms with Crippen molar-refractivity contribution in [1.82, 2.24) is 15.3 Å². The second kappa shape index (κ2) is 9.25. The Balaban J connectivity index is 1.66. The van der Waals surface area contributed by atoms with Gasteiger partial charge in [0.25, 0.3) is 0 Å². The van der Waals surface area contributed by atoms with Gasteiger partial charge in [-0.05, 0) is 19.9 Å². The lowest BCUT2D eigenvalue weighted by Crippen LogP contribution is -2.25. The van der Waals surface area contributed by atoms with Gasteiger partial charge in [-0.25, -0.2) is 9.97 Å². The second-order valence-electron chi connectivity index (χ2n) is 6.70. The largest absolute Gasteiger partial charge is 0.468 e. The maximum atomic E-state index is 12.5. The van der Waals surface area contributed by atoms with E-state index in [1.807, 2.05) is 38.1 Å². The van der Waals surface area contributed by atoms with Crippen LogP contribution in [0.2, 0.25) is 0 Å². The summed E-state index contributed by atoms with van der Waals surface area (Å²) in [5, 5.41) is 3.57. The van der Waals surface area contributed by atoms with Gasteiger partial charge in [-0.1, -0.05) is 35.9 Å². The molecular weight excluding hydrogens is 415 g/mol. The SMILES string of the molecule is Cc1ccc(-c2nc(C)sc2CC(=O)NCc2cccnc2OCC(F)(F)F)cc1. The smallest absolute Gasteiger partial charge is 0.422 e. The van der Waals surface area contributed by atoms with Crippen LogP contribution in [0, 0.1) is 13.8 Å². The third kappa shape index (κ3) is 6.03. The summed E-state index contributed by atoms with van der Waals surface area (Å²) >= 11 is 1.44. The molecule has 0 atom stereocenters. The molecule has 0 saturated heterocycles. The van der Waals surface area contributed by atoms with Crippen LogP contribution in [-0.4, -0.2) is 28.7 Å². The highest BCUT2D eigenvalue weighted by atomic mass is 32.1. The van der Waals surface area contributed by atoms with E-state index in [1.165, 1.54) is 17.5 Å². The minimum absolute atomic E-state index is 0.0114. The van der Waals surface area contributed by atoms with E-state index in [4.69, 9.17) is 4.74 Å². The number of carbonyl (C=O) groups excluding carboxylic acids is 1. The van der Waals surface area contributed by atoms with Gasteiger partial charge in [0.05, 0.1) is 17.1 Å². The van der Waals surface area contributed by atoms with E-state index in [0.29, 0.717) is 5.56 Å². The maximum absolute atomic E-state index is 12.5. The molecule has 158 valence electrons. The van der Waals surface area contributed by atoms with Gasteiger partial charge < -0.3 is 10.1 Å². The first-order chi connectivity index (χ1) is 14.2. The van der Waals surface area contributed by atoms with E-state index in [9.17, 15) is 18.0 Å². The molecule has 2 aromatic heterocycles. The normalized spacial score (nSPS) is 11.4. The summed E-state index contributed by atoms with van der Waals surface area (Å²) in [6, 6.07) is 11.0. The second-order valence-corrected chi connectivity index (χ2v) is 7.98. The van der Waals surface area contributed by atoms with Gasteiger partial charge in [0.1, 0.15) is 0 Å². The first kappa shape index (κ1) is 21.8. The monoisotopic (exact) mass is 435 g/mol. The topological polar surface area (TPSA) is 64.1 Å². The van der Waals surface area contributed by atoms with Crippen molar-refractivity contribution in [3.05, 3.63) is 63.6 Å². The minimum Gasteiger partial charge on any atom is -0.468 e. The van der Waals surface area contributed by atoms with Gasteiger partial charge in [-0.3, -0.25) is 4.79 Å². The highest BCUT2D eigenvalue weighted by molar-refractivity contribution is 7.12. The lowest BCUT2D eigenvalue weighted by molar-refractivity contribution is -0.154. The molecule has 0 bridgehead atoms. The number of carbonyl (C=O) groups is 1. The van der Waals surface area contributed by atoms with Crippen molar-refractivity contribution in [2.45, 2.75) is 33.0 Å². The molecule has 1 aromatic carbocycles. The number of thiazole rings is 1. The summed E-state index contributed by atoms with van der Waals surface area (Å²) in [6.45, 7) is 2.45. The van der Waals surface area contributed by atoms with Crippen LogP contribution >= 0.6 is 11.3 Å². The number of aromatic nitrogens is 2. The van der Waals surface area contributed by atoms with Gasteiger partial charge in [0.15, 0.2) is 6.61 Å². The maximum Gasteiger partial charge on any atom is 0.422 e. The van der Waals surface area contributed by atoms with Crippen molar-refractivity contribution >= 4 is 17.2 Å². The summed E-state index contributed by atoms with van der Waals surface area (Å²) in [6.07, 6.45) is -3.01. The molecule has 0 aliphatic rings. The van der Waals surface area contributed by atoms with Crippen LogP contribution in [0.15, 0.2) is 42.6 Å². The number of rotatable bonds is 7. The van der Waals surface area contributed by atoms with Crippen LogP contribution in [0.3, 0.4) is 0 Å². The number of alkyl halides is 3. The van der Waals surface area contributed by atoms with E-state index in [-0.39, 0.29) is 24.8 Å². The molecule has 0 radical (unpaired) electrons. The van der Waals surface area contributed by atoms with Gasteiger partial charge in [0.2, 0.25) is 11.8 Å². The molecule has 0 aliphatic heterocycles. The van der Waals surface area contributed by atoms with Crippen LogP contribution < -0.4 is 10.1 Å². The summed E-state index contributed by atoms with van der Waals surface area (Å²) in [5.41, 5.74) is 3.20. The molecule has 3 rings (SSSR count). The summed E-state index contributed by atoms with van der Waals surface area (Å²) in [4.78, 5) is 21.7. The molecule has 1 amide bonds. The Morgan fingerprint density at radius 1 is 1.17 bits per heavy atom. The van der Waals surface area contributed by atoms with Gasteiger partial charge >= 0.3 is 6.18 Å². The van der Waals surface area contributed by atoms with E-state index in [2.05, 4.69) is 15.3 Å². The van der Waals surface area contributed by atoms with Crippen LogP contribution in [-0.2, 0) is 17.8 Å². The number of halogens is 3. The van der Waals surface area contributed by atoms with Crippen LogP contribution in [0.4, 0.5) is 13.2 Å². The van der Waals surface area contributed by atoms with E-state index in [1.54, 1.807) is 12.1 Å². The first-order valence-corrected chi connectivity index (χ1v) is 9.96. The molecule has 0 fully saturated rings. The highest BCUT2D eigenvalue weighted by Gasteiger charge is 2.29. The zero-order valence-corrected chi connectivity index (χ0v) is 17.2. The van der Waals surface area contributed by atoms with Gasteiger partial charge in [0, 0.05) is 28.7 Å². The molecule has 0 unspecified atom stereocenters. The van der Waals surface area contributed by atoms with Crippen LogP contribution in [0.5, 0.6) is 5.88 Å². The Kier molecular flexibility index (Phi) is 6.71. The fourth-order valence-electron chi connectivity index (χ4n) is 2.77. The predicted molar refractivity (Wildman–Crippen MR) is 108 cm³/mol. The lowest BCUT2D eigenvalue weighted by Gasteiger charge is -2.12. The van der Waals surface area contributed by atoms with Gasteiger partial charge in [-0.15, -0.1) is 11.3 Å². The molecule has 1 N–H and O–H groups in total. The van der Waals surface area contributed by atoms with Crippen molar-refractivity contribution in [2.75, 3.05) is 6.61 Å². The Morgan fingerprint density at radius 2 is 1.90 bits per heavy atom. The van der Waals surface area contributed by atoms with Crippen molar-refractivity contribution < 1.29 is 22.7 Å². The standard InChI is InChI=1S/C21H20F3N3O2S/c1-13-5-7-15(8-6-13)19-17(30-14(2)27-19)10-18(28)26-11-16-4-3-9-25-20(16)29-12-21(22,23)24/h3-9H,10-12H2,1-2H3,(H,26,28). The lowest BCUT2D eigenvalue weighted by atomic mass is 10.1. The molecule has 30 heavy (non-hydrogen) atoms. The molecule has 0 aliphatic carbocycles. The molecule has 2 heterocycles. The molecule has 3 aromatic rings. The average Bonchev–Trinajstić information content (AvgIpc) is 3.05. The Bertz CT molecular complexity index is 1020. The number of amides is 1. The van der Waals surface area contributed by atoms with E-state index in [0.717, 1.165) is 26.7 Å². The molecule has 0 spiro atoms. The number of nitrogens with zero attached hydrogens (tertiary/aromatic N) is 2. The zero-order valence-electron chi connectivity index (χ0n) is 16.4. The fraction of sp³-hybridized carbons (Fsp3) is 0.286. The van der Waals surface area contributed by atoms with Crippen molar-refractivity contribution in [2.24, 2.45) is 0 Å². The fourth-order valence-corrected chi connectivity index (χ4v) is 3.72. The highest BCUT2D eigenvalue weighted by Crippen LogP contribution is 2.29. The summed E-state index contributed by atoms with van der Waals surface area (Å²) in [5.74, 6) is -0.415. The quantitative estimate of drug-likeness (QED) is 0.588. The summed E-state index contributed by atoms with van der Waals surface area (Å²) in [7, 11) is 0. The third-order valence-corrected chi connectivity index (χ3v) is 5.12. The van der Waals surface area contributed by atoms with Crippen molar-refractivity contribution in [3.8, 4) is 17.1 Å². The number of pyridine rings is 1. The van der Waals surface area contributed by atoms with Crippen molar-refractivity contribution in [3.63, 3.8) is 0 Å². The minimum atomic E-state index is -4.46. The molecule has 9 heteroatoms. The number of nitrogens with one attached hydrogen (secondary N) is 1. The molecular formula is C21H20F3N3O2S. The number of benzene rings is 1. The van der Waals surface area contributed by atoms with Crippen molar-refractivity contribution in [1.29, 1.82) is 0 Å². The van der Waals surface area contributed by atoms with Gasteiger partial charge in [-0.2, -0.15) is 13.2 Å². The van der Waals surface area contributed by atoms with E-state index >= 15 is 0 Å². The predicted octanol–water partition coefficient (Wildman–Crippen LogP) is 4.62. The summed E-state index contributed by atoms with van der Waals surface area (Å²) < 4.78 is 42.0. The zero-order chi connectivity index (χ0) is 21.7. The number of aryl methyl sites for hydroxylation is 2.